The zero-order chi connectivity index (χ0) is 32.8. The van der Waals surface area contributed by atoms with Gasteiger partial charge in [0.2, 0.25) is 0 Å². The number of nitrogens with one attached hydrogen (secondary N) is 1. The normalized spacial score (nSPS) is 10.6. The summed E-state index contributed by atoms with van der Waals surface area (Å²) in [5.41, 5.74) is 7.04. The second-order valence-corrected chi connectivity index (χ2v) is 10.1. The maximum atomic E-state index is 11.9. The Balaban J connectivity index is 0.000000246. The minimum atomic E-state index is -0.560. The van der Waals surface area contributed by atoms with E-state index in [1.165, 1.54) is 14.2 Å². The molecule has 45 heavy (non-hydrogen) atoms. The summed E-state index contributed by atoms with van der Waals surface area (Å²) in [5.74, 6) is 0.917. The number of hydrogen-bond acceptors (Lipinski definition) is 7. The van der Waals surface area contributed by atoms with E-state index in [0.29, 0.717) is 24.4 Å². The number of nitrogens with zero attached hydrogens (tertiary/aromatic N) is 1. The van der Waals surface area contributed by atoms with E-state index in [2.05, 4.69) is 23.1 Å². The molecule has 0 aliphatic rings. The Hall–Kier alpha value is -5.37. The summed E-state index contributed by atoms with van der Waals surface area (Å²) >= 11 is 0. The van der Waals surface area contributed by atoms with Gasteiger partial charge in [-0.25, -0.2) is 4.79 Å². The maximum absolute atomic E-state index is 11.9. The minimum Gasteiger partial charge on any atom is -0.489 e. The molecular weight excluding hydrogens is 568 g/mol. The third-order valence-corrected chi connectivity index (χ3v) is 6.88. The van der Waals surface area contributed by atoms with E-state index in [1.54, 1.807) is 13.1 Å². The largest absolute Gasteiger partial charge is 0.489 e. The first kappa shape index (κ1) is 34.1. The molecule has 0 bridgehead atoms. The van der Waals surface area contributed by atoms with Crippen molar-refractivity contribution in [3.8, 4) is 11.5 Å². The number of likely N-dealkylation sites (N-methyl/N-ethyl adjacent to an activating group) is 1. The molecule has 8 nitrogen and oxygen atoms in total. The number of carbonyl (C=O) groups is 2. The van der Waals surface area contributed by atoms with Crippen LogP contribution in [0.1, 0.15) is 38.9 Å². The highest BCUT2D eigenvalue weighted by Crippen LogP contribution is 2.24. The highest BCUT2D eigenvalue weighted by Gasteiger charge is 2.19. The molecule has 0 unspecified atom stereocenters. The Morgan fingerprint density at radius 1 is 0.733 bits per heavy atom. The van der Waals surface area contributed by atoms with Crippen molar-refractivity contribution in [2.24, 2.45) is 5.16 Å². The zero-order valence-corrected chi connectivity index (χ0v) is 26.7. The van der Waals surface area contributed by atoms with Crippen molar-refractivity contribution in [3.05, 3.63) is 137 Å². The van der Waals surface area contributed by atoms with Crippen LogP contribution in [0.4, 0.5) is 0 Å². The van der Waals surface area contributed by atoms with Gasteiger partial charge in [0.15, 0.2) is 5.71 Å². The Kier molecular flexibility index (Phi) is 12.9. The molecule has 0 saturated heterocycles. The van der Waals surface area contributed by atoms with E-state index in [-0.39, 0.29) is 11.6 Å². The molecule has 1 N–H and O–H groups in total. The van der Waals surface area contributed by atoms with Crippen LogP contribution in [0.3, 0.4) is 0 Å². The SMILES string of the molecule is C=C(C(=O)NC)c1ccccc1COc1cc(C)ccc1C.CO/N=C(/C(=O)OC)c1ccccc1COc1ccccc1C. The van der Waals surface area contributed by atoms with Crippen LogP contribution in [0.25, 0.3) is 5.57 Å². The molecule has 0 saturated carbocycles. The first-order chi connectivity index (χ1) is 21.7. The van der Waals surface area contributed by atoms with Crippen molar-refractivity contribution in [1.82, 2.24) is 5.32 Å². The molecular formula is C37H40N2O6. The number of aryl methyl sites for hydroxylation is 3. The van der Waals surface area contributed by atoms with Gasteiger partial charge in [0.1, 0.15) is 31.8 Å². The molecule has 0 aliphatic heterocycles. The number of oxime groups is 1. The zero-order valence-electron chi connectivity index (χ0n) is 26.7. The predicted octanol–water partition coefficient (Wildman–Crippen LogP) is 6.74. The summed E-state index contributed by atoms with van der Waals surface area (Å²) in [4.78, 5) is 28.5. The second kappa shape index (κ2) is 17.1. The highest BCUT2D eigenvalue weighted by molar-refractivity contribution is 6.43. The van der Waals surface area contributed by atoms with Gasteiger partial charge in [-0.05, 0) is 66.3 Å². The molecule has 0 radical (unpaired) electrons. The number of esters is 1. The quantitative estimate of drug-likeness (QED) is 0.0877. The molecule has 4 rings (SSSR count). The van der Waals surface area contributed by atoms with E-state index < -0.39 is 5.97 Å². The van der Waals surface area contributed by atoms with Crippen molar-refractivity contribution in [2.75, 3.05) is 21.3 Å². The summed E-state index contributed by atoms with van der Waals surface area (Å²) in [6, 6.07) is 28.9. The van der Waals surface area contributed by atoms with Crippen LogP contribution < -0.4 is 14.8 Å². The molecule has 0 aromatic heterocycles. The predicted molar refractivity (Wildman–Crippen MR) is 177 cm³/mol. The number of carbonyl (C=O) groups excluding carboxylic acids is 2. The Bertz CT molecular complexity index is 1660. The first-order valence-electron chi connectivity index (χ1n) is 14.4. The number of methoxy groups -OCH3 is 1. The van der Waals surface area contributed by atoms with Crippen molar-refractivity contribution >= 4 is 23.2 Å². The van der Waals surface area contributed by atoms with Crippen LogP contribution in [0.15, 0.2) is 103 Å². The smallest absolute Gasteiger partial charge is 0.360 e. The second-order valence-electron chi connectivity index (χ2n) is 10.1. The van der Waals surface area contributed by atoms with Crippen molar-refractivity contribution in [3.63, 3.8) is 0 Å². The lowest BCUT2D eigenvalue weighted by molar-refractivity contribution is -0.132. The van der Waals surface area contributed by atoms with Crippen LogP contribution in [0.2, 0.25) is 0 Å². The number of ether oxygens (including phenoxy) is 3. The van der Waals surface area contributed by atoms with Crippen LogP contribution in [0, 0.1) is 20.8 Å². The van der Waals surface area contributed by atoms with Gasteiger partial charge in [-0.15, -0.1) is 0 Å². The topological polar surface area (TPSA) is 95.5 Å². The summed E-state index contributed by atoms with van der Waals surface area (Å²) < 4.78 is 16.6. The minimum absolute atomic E-state index is 0.110. The molecule has 4 aromatic rings. The number of para-hydroxylation sites is 1. The van der Waals surface area contributed by atoms with Gasteiger partial charge in [-0.2, -0.15) is 0 Å². The lowest BCUT2D eigenvalue weighted by Gasteiger charge is -2.14. The van der Waals surface area contributed by atoms with Crippen LogP contribution >= 0.6 is 0 Å². The number of hydrogen-bond donors (Lipinski definition) is 1. The highest BCUT2D eigenvalue weighted by atomic mass is 16.6. The van der Waals surface area contributed by atoms with E-state index in [0.717, 1.165) is 44.9 Å². The maximum Gasteiger partial charge on any atom is 0.360 e. The molecule has 1 amide bonds. The third-order valence-electron chi connectivity index (χ3n) is 6.88. The fourth-order valence-corrected chi connectivity index (χ4v) is 4.37. The number of benzene rings is 4. The molecule has 8 heteroatoms. The average molecular weight is 609 g/mol. The molecule has 4 aromatic carbocycles. The Morgan fingerprint density at radius 2 is 1.29 bits per heavy atom. The monoisotopic (exact) mass is 608 g/mol. The molecule has 0 fully saturated rings. The summed E-state index contributed by atoms with van der Waals surface area (Å²) in [6.07, 6.45) is 0. The van der Waals surface area contributed by atoms with E-state index in [9.17, 15) is 9.59 Å². The van der Waals surface area contributed by atoms with E-state index >= 15 is 0 Å². The molecule has 0 spiro atoms. The van der Waals surface area contributed by atoms with Gasteiger partial charge >= 0.3 is 5.97 Å². The van der Waals surface area contributed by atoms with Gasteiger partial charge in [0, 0.05) is 18.2 Å². The van der Waals surface area contributed by atoms with Crippen molar-refractivity contribution < 1.29 is 28.6 Å². The van der Waals surface area contributed by atoms with Crippen molar-refractivity contribution in [1.29, 1.82) is 0 Å². The van der Waals surface area contributed by atoms with E-state index in [1.807, 2.05) is 99.6 Å². The van der Waals surface area contributed by atoms with E-state index in [4.69, 9.17) is 19.0 Å². The van der Waals surface area contributed by atoms with Crippen LogP contribution in [-0.4, -0.2) is 38.9 Å². The third kappa shape index (κ3) is 9.56. The molecule has 0 aliphatic carbocycles. The standard InChI is InChI=1S/C19H21NO2.C18H19NO4/c1-13-9-10-14(2)18(11-13)22-12-16-7-5-6-8-17(16)15(3)19(21)20-4;1-13-8-4-7-11-16(13)23-12-14-9-5-6-10-15(14)17(19-22-3)18(20)21-2/h5-11H,3,12H2,1-2,4H3,(H,20,21);4-11H,12H2,1-3H3/b;19-17+. The molecule has 0 atom stereocenters. The lowest BCUT2D eigenvalue weighted by atomic mass is 10.0. The van der Waals surface area contributed by atoms with Gasteiger partial charge in [-0.3, -0.25) is 4.79 Å². The molecule has 0 heterocycles. The van der Waals surface area contributed by atoms with Gasteiger partial charge in [-0.1, -0.05) is 90.6 Å². The average Bonchev–Trinajstić information content (AvgIpc) is 3.06. The van der Waals surface area contributed by atoms with Gasteiger partial charge < -0.3 is 24.4 Å². The van der Waals surface area contributed by atoms with Crippen LogP contribution in [-0.2, 0) is 32.4 Å². The van der Waals surface area contributed by atoms with Gasteiger partial charge in [0.25, 0.3) is 5.91 Å². The fourth-order valence-electron chi connectivity index (χ4n) is 4.37. The summed E-state index contributed by atoms with van der Waals surface area (Å²) in [5, 5.41) is 6.39. The number of amides is 1. The van der Waals surface area contributed by atoms with Gasteiger partial charge in [0.05, 0.1) is 7.11 Å². The Morgan fingerprint density at radius 3 is 1.91 bits per heavy atom. The molecule has 234 valence electrons. The summed E-state index contributed by atoms with van der Waals surface area (Å²) in [6.45, 7) is 10.6. The number of rotatable bonds is 11. The van der Waals surface area contributed by atoms with Crippen LogP contribution in [0.5, 0.6) is 11.5 Å². The summed E-state index contributed by atoms with van der Waals surface area (Å²) in [7, 11) is 4.29. The lowest BCUT2D eigenvalue weighted by Crippen LogP contribution is -2.19. The first-order valence-corrected chi connectivity index (χ1v) is 14.4. The van der Waals surface area contributed by atoms with Crippen molar-refractivity contribution in [2.45, 2.75) is 34.0 Å². The Labute approximate surface area is 265 Å². The fraction of sp³-hybridized carbons (Fsp3) is 0.216.